The van der Waals surface area contributed by atoms with E-state index in [1.54, 1.807) is 14.2 Å². The van der Waals surface area contributed by atoms with Crippen LogP contribution in [-0.2, 0) is 21.8 Å². The summed E-state index contributed by atoms with van der Waals surface area (Å²) in [5.41, 5.74) is 2.75. The average Bonchev–Trinajstić information content (AvgIpc) is 2.80. The Bertz CT molecular complexity index is 744. The summed E-state index contributed by atoms with van der Waals surface area (Å²) in [6, 6.07) is 17.1. The quantitative estimate of drug-likeness (QED) is 0.446. The lowest BCUT2D eigenvalue weighted by Gasteiger charge is -2.44. The summed E-state index contributed by atoms with van der Waals surface area (Å²) >= 11 is 0. The number of hydrogen-bond acceptors (Lipinski definition) is 4. The van der Waals surface area contributed by atoms with Crippen LogP contribution in [0.5, 0.6) is 11.5 Å². The number of rotatable bonds is 8. The van der Waals surface area contributed by atoms with Crippen molar-refractivity contribution in [3.8, 4) is 11.5 Å². The largest absolute Gasteiger partial charge is 0.497 e. The molecule has 0 radical (unpaired) electrons. The minimum atomic E-state index is -0.303. The molecule has 4 nitrogen and oxygen atoms in total. The Kier molecular flexibility index (Phi) is 7.87. The molecule has 31 heavy (non-hydrogen) atoms. The molecule has 1 saturated heterocycles. The van der Waals surface area contributed by atoms with Crippen molar-refractivity contribution in [2.45, 2.75) is 62.7 Å². The van der Waals surface area contributed by atoms with Gasteiger partial charge in [-0.1, -0.05) is 38.6 Å². The Morgan fingerprint density at radius 1 is 0.839 bits per heavy atom. The fourth-order valence-electron chi connectivity index (χ4n) is 4.71. The number of ether oxygens (including phenoxy) is 4. The molecule has 5 heteroatoms. The van der Waals surface area contributed by atoms with Crippen LogP contribution in [0.15, 0.2) is 48.5 Å². The van der Waals surface area contributed by atoms with Crippen molar-refractivity contribution in [3.05, 3.63) is 59.7 Å². The second kappa shape index (κ2) is 10.8. The van der Waals surface area contributed by atoms with E-state index in [2.05, 4.69) is 48.5 Å². The van der Waals surface area contributed by atoms with Crippen LogP contribution < -0.4 is 9.47 Å². The van der Waals surface area contributed by atoms with Crippen LogP contribution in [0, 0.1) is 0 Å². The van der Waals surface area contributed by atoms with Crippen molar-refractivity contribution >= 4 is 7.92 Å². The predicted octanol–water partition coefficient (Wildman–Crippen LogP) is 6.35. The molecule has 1 aliphatic carbocycles. The zero-order chi connectivity index (χ0) is 21.5. The average molecular weight is 443 g/mol. The van der Waals surface area contributed by atoms with Crippen molar-refractivity contribution in [1.29, 1.82) is 0 Å². The van der Waals surface area contributed by atoms with E-state index in [9.17, 15) is 0 Å². The highest BCUT2D eigenvalue weighted by Gasteiger charge is 2.40. The minimum Gasteiger partial charge on any atom is -0.497 e. The molecule has 1 heterocycles. The highest BCUT2D eigenvalue weighted by atomic mass is 31.1. The first kappa shape index (κ1) is 22.6. The van der Waals surface area contributed by atoms with Gasteiger partial charge in [-0.05, 0) is 73.1 Å². The maximum atomic E-state index is 6.65. The molecule has 1 unspecified atom stereocenters. The van der Waals surface area contributed by atoms with Crippen LogP contribution in [-0.4, -0.2) is 38.9 Å². The minimum absolute atomic E-state index is 0.264. The van der Waals surface area contributed by atoms with Crippen LogP contribution in [0.2, 0.25) is 0 Å². The summed E-state index contributed by atoms with van der Waals surface area (Å²) in [6.45, 7) is 0.832. The Labute approximate surface area is 188 Å². The van der Waals surface area contributed by atoms with Gasteiger partial charge in [-0.15, -0.1) is 0 Å². The van der Waals surface area contributed by atoms with Gasteiger partial charge in [-0.2, -0.15) is 0 Å². The van der Waals surface area contributed by atoms with Crippen LogP contribution >= 0.6 is 7.92 Å². The van der Waals surface area contributed by atoms with Gasteiger partial charge >= 0.3 is 0 Å². The van der Waals surface area contributed by atoms with E-state index in [0.717, 1.165) is 55.9 Å². The van der Waals surface area contributed by atoms with Crippen molar-refractivity contribution in [1.82, 2.24) is 0 Å². The summed E-state index contributed by atoms with van der Waals surface area (Å²) in [7, 11) is 3.17. The number of benzene rings is 2. The van der Waals surface area contributed by atoms with Gasteiger partial charge in [-0.25, -0.2) is 0 Å². The maximum Gasteiger partial charge on any atom is 0.168 e. The fourth-order valence-corrected chi connectivity index (χ4v) is 7.36. The van der Waals surface area contributed by atoms with E-state index in [-0.39, 0.29) is 13.7 Å². The van der Waals surface area contributed by atoms with E-state index in [1.165, 1.54) is 30.4 Å². The van der Waals surface area contributed by atoms with Crippen LogP contribution in [0.3, 0.4) is 0 Å². The molecule has 0 bridgehead atoms. The van der Waals surface area contributed by atoms with Gasteiger partial charge in [0.15, 0.2) is 5.79 Å². The summed E-state index contributed by atoms with van der Waals surface area (Å²) < 4.78 is 23.5. The lowest BCUT2D eigenvalue weighted by atomic mass is 9.93. The molecule has 1 atom stereocenters. The molecule has 2 aromatic rings. The third-order valence-corrected chi connectivity index (χ3v) is 8.94. The zero-order valence-corrected chi connectivity index (χ0v) is 19.7. The number of methoxy groups -OCH3 is 2. The van der Waals surface area contributed by atoms with Crippen LogP contribution in [0.25, 0.3) is 0 Å². The molecule has 0 N–H and O–H groups in total. The monoisotopic (exact) mass is 442 g/mol. The Morgan fingerprint density at radius 2 is 1.39 bits per heavy atom. The molecule has 2 fully saturated rings. The normalized spacial score (nSPS) is 20.7. The van der Waals surface area contributed by atoms with E-state index >= 15 is 0 Å². The van der Waals surface area contributed by atoms with Crippen molar-refractivity contribution in [2.75, 3.05) is 27.0 Å². The SMILES string of the molecule is COc1ccc(CP(Cc2ccc(OC)cc2)CC2CCOC3(CCCCC3)O2)cc1. The smallest absolute Gasteiger partial charge is 0.168 e. The molecule has 1 aliphatic heterocycles. The molecule has 2 aromatic carbocycles. The van der Waals surface area contributed by atoms with E-state index < -0.39 is 0 Å². The lowest BCUT2D eigenvalue weighted by Crippen LogP contribution is -2.46. The Balaban J connectivity index is 1.46. The van der Waals surface area contributed by atoms with Crippen molar-refractivity contribution in [2.24, 2.45) is 0 Å². The number of hydrogen-bond donors (Lipinski definition) is 0. The Morgan fingerprint density at radius 3 is 1.90 bits per heavy atom. The molecule has 0 aromatic heterocycles. The van der Waals surface area contributed by atoms with Crippen molar-refractivity contribution < 1.29 is 18.9 Å². The summed E-state index contributed by atoms with van der Waals surface area (Å²) in [4.78, 5) is 0. The summed E-state index contributed by atoms with van der Waals surface area (Å²) in [5.74, 6) is 1.52. The Hall–Kier alpha value is -1.61. The molecule has 1 saturated carbocycles. The third kappa shape index (κ3) is 6.22. The van der Waals surface area contributed by atoms with Gasteiger partial charge < -0.3 is 18.9 Å². The highest BCUT2D eigenvalue weighted by molar-refractivity contribution is 7.56. The van der Waals surface area contributed by atoms with Gasteiger partial charge in [0, 0.05) is 12.8 Å². The zero-order valence-electron chi connectivity index (χ0n) is 18.8. The topological polar surface area (TPSA) is 36.9 Å². The highest BCUT2D eigenvalue weighted by Crippen LogP contribution is 2.47. The van der Waals surface area contributed by atoms with E-state index in [4.69, 9.17) is 18.9 Å². The van der Waals surface area contributed by atoms with Gasteiger partial charge in [0.1, 0.15) is 11.5 Å². The molecule has 4 rings (SSSR count). The van der Waals surface area contributed by atoms with Gasteiger partial charge in [-0.3, -0.25) is 0 Å². The van der Waals surface area contributed by atoms with Crippen LogP contribution in [0.4, 0.5) is 0 Å². The first-order valence-corrected chi connectivity index (χ1v) is 13.4. The summed E-state index contributed by atoms with van der Waals surface area (Å²) in [6.07, 6.45) is 10.5. The first-order chi connectivity index (χ1) is 15.2. The fraction of sp³-hybridized carbons (Fsp3) is 0.538. The van der Waals surface area contributed by atoms with Gasteiger partial charge in [0.2, 0.25) is 0 Å². The molecular formula is C26H35O4P. The van der Waals surface area contributed by atoms with Crippen LogP contribution in [0.1, 0.15) is 49.7 Å². The van der Waals surface area contributed by atoms with E-state index in [1.807, 2.05) is 0 Å². The molecule has 0 amide bonds. The molecule has 2 aliphatic rings. The summed E-state index contributed by atoms with van der Waals surface area (Å²) in [5, 5.41) is 0. The predicted molar refractivity (Wildman–Crippen MR) is 126 cm³/mol. The lowest BCUT2D eigenvalue weighted by molar-refractivity contribution is -0.300. The third-order valence-electron chi connectivity index (χ3n) is 6.39. The maximum absolute atomic E-state index is 6.65. The first-order valence-electron chi connectivity index (χ1n) is 11.5. The van der Waals surface area contributed by atoms with Gasteiger partial charge in [0.25, 0.3) is 0 Å². The molecule has 1 spiro atoms. The molecule has 168 valence electrons. The second-order valence-electron chi connectivity index (χ2n) is 8.71. The van der Waals surface area contributed by atoms with E-state index in [0.29, 0.717) is 6.10 Å². The van der Waals surface area contributed by atoms with Crippen molar-refractivity contribution in [3.63, 3.8) is 0 Å². The molecular weight excluding hydrogens is 407 g/mol. The second-order valence-corrected chi connectivity index (χ2v) is 11.1. The van der Waals surface area contributed by atoms with Gasteiger partial charge in [0.05, 0.1) is 26.9 Å². The standard InChI is InChI=1S/C26H35O4P/c1-27-23-10-6-21(7-11-23)18-31(19-22-8-12-24(28-2)13-9-22)20-25-14-17-29-26(30-25)15-4-3-5-16-26/h6-13,25H,3-5,14-20H2,1-2H3.